The third-order valence-electron chi connectivity index (χ3n) is 2.17. The lowest BCUT2D eigenvalue weighted by Crippen LogP contribution is -1.97. The summed E-state index contributed by atoms with van der Waals surface area (Å²) in [4.78, 5) is 0. The van der Waals surface area contributed by atoms with E-state index in [0.29, 0.717) is 0 Å². The molecule has 0 heterocycles. The Labute approximate surface area is 76.7 Å². The zero-order valence-corrected chi connectivity index (χ0v) is 7.03. The first-order valence-corrected chi connectivity index (χ1v) is 4.36. The van der Waals surface area contributed by atoms with Crippen LogP contribution in [0.25, 0.3) is 0 Å². The van der Waals surface area contributed by atoms with Gasteiger partial charge < -0.3 is 0 Å². The van der Waals surface area contributed by atoms with Gasteiger partial charge in [0.2, 0.25) is 0 Å². The SMILES string of the molecule is [CH]1[CH][CH][C](CC[C]2[CH][CH][CH][CH]2)[CH]1. The van der Waals surface area contributed by atoms with Gasteiger partial charge in [0.15, 0.2) is 0 Å². The summed E-state index contributed by atoms with van der Waals surface area (Å²) in [6, 6.07) is 0. The minimum absolute atomic E-state index is 1.16. The van der Waals surface area contributed by atoms with Crippen LogP contribution in [0.4, 0.5) is 0 Å². The fraction of sp³-hybridized carbons (Fsp3) is 0.167. The van der Waals surface area contributed by atoms with E-state index in [9.17, 15) is 0 Å². The van der Waals surface area contributed by atoms with Crippen molar-refractivity contribution in [2.45, 2.75) is 12.8 Å². The third-order valence-corrected chi connectivity index (χ3v) is 2.17. The highest BCUT2D eigenvalue weighted by atomic mass is 14.2. The predicted octanol–water partition coefficient (Wildman–Crippen LogP) is 2.58. The Morgan fingerprint density at radius 1 is 0.583 bits per heavy atom. The van der Waals surface area contributed by atoms with Crippen LogP contribution in [0, 0.1) is 63.2 Å². The van der Waals surface area contributed by atoms with E-state index in [1.165, 1.54) is 11.8 Å². The molecule has 0 aromatic heterocycles. The molecule has 2 rings (SSSR count). The van der Waals surface area contributed by atoms with Crippen LogP contribution in [0.2, 0.25) is 0 Å². The molecule has 0 heteroatoms. The van der Waals surface area contributed by atoms with Gasteiger partial charge >= 0.3 is 0 Å². The molecule has 2 saturated carbocycles. The van der Waals surface area contributed by atoms with Crippen LogP contribution in [0.1, 0.15) is 12.8 Å². The van der Waals surface area contributed by atoms with Gasteiger partial charge in [0, 0.05) is 0 Å². The number of rotatable bonds is 3. The molecule has 0 bridgehead atoms. The van der Waals surface area contributed by atoms with Crippen molar-refractivity contribution >= 4 is 0 Å². The fourth-order valence-electron chi connectivity index (χ4n) is 1.45. The molecule has 0 unspecified atom stereocenters. The van der Waals surface area contributed by atoms with Crippen LogP contribution in [-0.4, -0.2) is 0 Å². The van der Waals surface area contributed by atoms with Gasteiger partial charge in [-0.15, -0.1) is 0 Å². The van der Waals surface area contributed by atoms with Crippen LogP contribution in [0.5, 0.6) is 0 Å². The standard InChI is InChI=1S/C12H12/c1-2-6-11(5-1)9-10-12-7-3-4-8-12/h1-8H,9-10H2. The second kappa shape index (κ2) is 4.30. The molecule has 60 valence electrons. The Kier molecular flexibility index (Phi) is 3.08. The third kappa shape index (κ3) is 2.24. The summed E-state index contributed by atoms with van der Waals surface area (Å²) in [6.45, 7) is 0. The maximum Gasteiger partial charge on any atom is -0.0167 e. The summed E-state index contributed by atoms with van der Waals surface area (Å²) < 4.78 is 0. The van der Waals surface area contributed by atoms with Gasteiger partial charge in [0.05, 0.1) is 0 Å². The summed E-state index contributed by atoms with van der Waals surface area (Å²) in [6.07, 6.45) is 19.5. The molecular formula is C12H12. The molecule has 2 aliphatic carbocycles. The highest BCUT2D eigenvalue weighted by Gasteiger charge is 2.21. The van der Waals surface area contributed by atoms with Crippen LogP contribution < -0.4 is 0 Å². The molecule has 2 fully saturated rings. The average molecular weight is 156 g/mol. The van der Waals surface area contributed by atoms with E-state index >= 15 is 0 Å². The van der Waals surface area contributed by atoms with Crippen molar-refractivity contribution in [3.63, 3.8) is 0 Å². The fourth-order valence-corrected chi connectivity index (χ4v) is 1.45. The lowest BCUT2D eigenvalue weighted by Gasteiger charge is -2.10. The largest absolute Gasteiger partial charge is 0.0459 e. The molecular weight excluding hydrogens is 144 g/mol. The maximum absolute atomic E-state index is 2.18. The number of hydrogen-bond donors (Lipinski definition) is 0. The summed E-state index contributed by atoms with van der Waals surface area (Å²) in [5.41, 5.74) is 0. The van der Waals surface area contributed by atoms with E-state index < -0.39 is 0 Å². The van der Waals surface area contributed by atoms with Gasteiger partial charge in [-0.1, -0.05) is 0 Å². The smallest absolute Gasteiger partial charge is 0.0167 e. The molecule has 0 nitrogen and oxygen atoms in total. The van der Waals surface area contributed by atoms with E-state index in [1.54, 1.807) is 0 Å². The van der Waals surface area contributed by atoms with Crippen LogP contribution in [0.15, 0.2) is 0 Å². The minimum Gasteiger partial charge on any atom is -0.0459 e. The van der Waals surface area contributed by atoms with Crippen molar-refractivity contribution < 1.29 is 0 Å². The normalized spacial score (nSPS) is 27.0. The van der Waals surface area contributed by atoms with Crippen molar-refractivity contribution in [3.05, 3.63) is 63.2 Å². The molecule has 2 aliphatic rings. The van der Waals surface area contributed by atoms with Gasteiger partial charge in [0.1, 0.15) is 0 Å². The van der Waals surface area contributed by atoms with E-state index in [0.717, 1.165) is 12.8 Å². The van der Waals surface area contributed by atoms with Crippen molar-refractivity contribution in [2.75, 3.05) is 0 Å². The summed E-state index contributed by atoms with van der Waals surface area (Å²) >= 11 is 0. The minimum atomic E-state index is 1.16. The molecule has 0 aromatic rings. The van der Waals surface area contributed by atoms with Gasteiger partial charge in [-0.3, -0.25) is 0 Å². The van der Waals surface area contributed by atoms with E-state index in [1.807, 2.05) is 0 Å². The predicted molar refractivity (Wildman–Crippen MR) is 50.1 cm³/mol. The Morgan fingerprint density at radius 2 is 0.917 bits per heavy atom. The van der Waals surface area contributed by atoms with Crippen molar-refractivity contribution in [1.29, 1.82) is 0 Å². The Hall–Kier alpha value is 0. The van der Waals surface area contributed by atoms with Gasteiger partial charge in [0.25, 0.3) is 0 Å². The second-order valence-corrected chi connectivity index (χ2v) is 3.09. The van der Waals surface area contributed by atoms with E-state index in [-0.39, 0.29) is 0 Å². The van der Waals surface area contributed by atoms with Gasteiger partial charge in [-0.05, 0) is 76.0 Å². The first-order valence-electron chi connectivity index (χ1n) is 4.36. The lowest BCUT2D eigenvalue weighted by atomic mass is 9.94. The molecule has 0 N–H and O–H groups in total. The topological polar surface area (TPSA) is 0 Å². The van der Waals surface area contributed by atoms with Crippen molar-refractivity contribution in [2.24, 2.45) is 0 Å². The zero-order chi connectivity index (χ0) is 8.23. The second-order valence-electron chi connectivity index (χ2n) is 3.09. The van der Waals surface area contributed by atoms with Gasteiger partial charge in [-0.25, -0.2) is 0 Å². The molecule has 0 aliphatic heterocycles. The molecule has 0 spiro atoms. The Balaban J connectivity index is 1.60. The van der Waals surface area contributed by atoms with Gasteiger partial charge in [-0.2, -0.15) is 0 Å². The van der Waals surface area contributed by atoms with Crippen LogP contribution in [-0.2, 0) is 0 Å². The Morgan fingerprint density at radius 3 is 1.25 bits per heavy atom. The number of hydrogen-bond acceptors (Lipinski definition) is 0. The van der Waals surface area contributed by atoms with Crippen LogP contribution in [0.3, 0.4) is 0 Å². The first-order chi connectivity index (χ1) is 5.95. The zero-order valence-electron chi connectivity index (χ0n) is 7.03. The van der Waals surface area contributed by atoms with Crippen LogP contribution >= 0.6 is 0 Å². The first kappa shape index (κ1) is 8.59. The highest BCUT2D eigenvalue weighted by Crippen LogP contribution is 2.33. The lowest BCUT2D eigenvalue weighted by molar-refractivity contribution is 0.827. The molecule has 10 radical (unpaired) electrons. The van der Waals surface area contributed by atoms with Crippen molar-refractivity contribution in [3.8, 4) is 0 Å². The van der Waals surface area contributed by atoms with E-state index in [4.69, 9.17) is 0 Å². The van der Waals surface area contributed by atoms with E-state index in [2.05, 4.69) is 51.4 Å². The molecule has 0 amide bonds. The summed E-state index contributed by atoms with van der Waals surface area (Å²) in [5, 5.41) is 0. The molecule has 12 heavy (non-hydrogen) atoms. The monoisotopic (exact) mass is 156 g/mol. The summed E-state index contributed by atoms with van der Waals surface area (Å²) in [5.74, 6) is 2.88. The molecule has 0 atom stereocenters. The quantitative estimate of drug-likeness (QED) is 0.589. The van der Waals surface area contributed by atoms with Crippen molar-refractivity contribution in [1.82, 2.24) is 0 Å². The molecule has 0 aromatic carbocycles. The maximum atomic E-state index is 2.18. The Bertz CT molecular complexity index is 100. The highest BCUT2D eigenvalue weighted by molar-refractivity contribution is 5.38. The average Bonchev–Trinajstić information content (AvgIpc) is 2.74. The summed E-state index contributed by atoms with van der Waals surface area (Å²) in [7, 11) is 0. The molecule has 0 saturated heterocycles.